The van der Waals surface area contributed by atoms with Crippen LogP contribution in [-0.2, 0) is 6.54 Å². The number of hydrogen-bond donors (Lipinski definition) is 0. The highest BCUT2D eigenvalue weighted by Crippen LogP contribution is 2.37. The molecule has 0 unspecified atom stereocenters. The monoisotopic (exact) mass is 351 g/mol. The zero-order valence-corrected chi connectivity index (χ0v) is 16.9. The third-order valence-corrected chi connectivity index (χ3v) is 6.28. The van der Waals surface area contributed by atoms with Gasteiger partial charge in [0.05, 0.1) is 0 Å². The number of rotatable bonds is 3. The van der Waals surface area contributed by atoms with Gasteiger partial charge in [0.15, 0.2) is 0 Å². The highest BCUT2D eigenvalue weighted by molar-refractivity contribution is 5.28. The van der Waals surface area contributed by atoms with E-state index in [0.29, 0.717) is 0 Å². The minimum absolute atomic E-state index is 0.968. The van der Waals surface area contributed by atoms with Crippen LogP contribution in [-0.4, -0.2) is 4.57 Å². The standard InChI is InChI=1S/C13H15N.C12H22/c1-11-7-12(2)9-13(8-11)10-14-5-3-4-6-14;1-3-7-11(8-4-1)12-9-5-2-6-10-12/h3-9H,10H2,1-2H3;11-12H,1-10H2. The summed E-state index contributed by atoms with van der Waals surface area (Å²) >= 11 is 0. The van der Waals surface area contributed by atoms with Crippen LogP contribution < -0.4 is 0 Å². The maximum Gasteiger partial charge on any atom is 0.0470 e. The van der Waals surface area contributed by atoms with Gasteiger partial charge in [-0.15, -0.1) is 0 Å². The summed E-state index contributed by atoms with van der Waals surface area (Å²) in [7, 11) is 0. The molecule has 1 aromatic heterocycles. The summed E-state index contributed by atoms with van der Waals surface area (Å²) in [5.74, 6) is 2.28. The van der Waals surface area contributed by atoms with Crippen molar-refractivity contribution in [3.8, 4) is 0 Å². The molecule has 1 nitrogen and oxygen atoms in total. The van der Waals surface area contributed by atoms with E-state index >= 15 is 0 Å². The van der Waals surface area contributed by atoms with Gasteiger partial charge < -0.3 is 4.57 Å². The highest BCUT2D eigenvalue weighted by atomic mass is 14.9. The van der Waals surface area contributed by atoms with Crippen molar-refractivity contribution in [2.75, 3.05) is 0 Å². The number of nitrogens with zero attached hydrogens (tertiary/aromatic N) is 1. The van der Waals surface area contributed by atoms with Crippen LogP contribution in [0.1, 0.15) is 80.9 Å². The fraction of sp³-hybridized carbons (Fsp3) is 0.600. The molecule has 0 amide bonds. The van der Waals surface area contributed by atoms with Gasteiger partial charge in [-0.1, -0.05) is 93.5 Å². The van der Waals surface area contributed by atoms with Crippen molar-refractivity contribution < 1.29 is 0 Å². The Morgan fingerprint density at radius 2 is 1.15 bits per heavy atom. The third kappa shape index (κ3) is 6.04. The van der Waals surface area contributed by atoms with Gasteiger partial charge in [0.1, 0.15) is 0 Å². The summed E-state index contributed by atoms with van der Waals surface area (Å²) in [6, 6.07) is 10.8. The Hall–Kier alpha value is -1.50. The lowest BCUT2D eigenvalue weighted by Crippen LogP contribution is -2.20. The molecule has 0 bridgehead atoms. The lowest BCUT2D eigenvalue weighted by Gasteiger charge is -2.32. The second kappa shape index (κ2) is 10.00. The molecule has 4 rings (SSSR count). The van der Waals surface area contributed by atoms with E-state index in [-0.39, 0.29) is 0 Å². The molecule has 142 valence electrons. The lowest BCUT2D eigenvalue weighted by atomic mass is 9.73. The first-order valence-corrected chi connectivity index (χ1v) is 10.9. The van der Waals surface area contributed by atoms with Crippen LogP contribution >= 0.6 is 0 Å². The number of aryl methyl sites for hydroxylation is 2. The topological polar surface area (TPSA) is 4.93 Å². The lowest BCUT2D eigenvalue weighted by molar-refractivity contribution is 0.196. The van der Waals surface area contributed by atoms with Crippen molar-refractivity contribution in [1.82, 2.24) is 4.57 Å². The molecule has 0 atom stereocenters. The smallest absolute Gasteiger partial charge is 0.0470 e. The van der Waals surface area contributed by atoms with Gasteiger partial charge in [0, 0.05) is 18.9 Å². The molecule has 0 spiro atoms. The second-order valence-corrected chi connectivity index (χ2v) is 8.65. The molecule has 2 aliphatic carbocycles. The number of aromatic nitrogens is 1. The summed E-state index contributed by atoms with van der Waals surface area (Å²) < 4.78 is 2.19. The van der Waals surface area contributed by atoms with Crippen LogP contribution in [0, 0.1) is 25.7 Å². The van der Waals surface area contributed by atoms with E-state index in [0.717, 1.165) is 18.4 Å². The zero-order valence-electron chi connectivity index (χ0n) is 16.9. The number of benzene rings is 1. The molecule has 2 saturated carbocycles. The number of hydrogen-bond acceptors (Lipinski definition) is 0. The maximum absolute atomic E-state index is 2.24. The van der Waals surface area contributed by atoms with E-state index in [9.17, 15) is 0 Å². The zero-order chi connectivity index (χ0) is 18.2. The van der Waals surface area contributed by atoms with Crippen molar-refractivity contribution >= 4 is 0 Å². The van der Waals surface area contributed by atoms with E-state index < -0.39 is 0 Å². The molecule has 0 saturated heterocycles. The quantitative estimate of drug-likeness (QED) is 0.546. The van der Waals surface area contributed by atoms with Crippen LogP contribution in [0.5, 0.6) is 0 Å². The van der Waals surface area contributed by atoms with Gasteiger partial charge in [0.25, 0.3) is 0 Å². The predicted octanol–water partition coefficient (Wildman–Crippen LogP) is 7.30. The average Bonchev–Trinajstić information content (AvgIpc) is 3.16. The summed E-state index contributed by atoms with van der Waals surface area (Å²) in [5, 5.41) is 0. The van der Waals surface area contributed by atoms with Gasteiger partial charge in [-0.3, -0.25) is 0 Å². The van der Waals surface area contributed by atoms with Crippen LogP contribution in [0.25, 0.3) is 0 Å². The Labute approximate surface area is 160 Å². The Balaban J connectivity index is 0.000000152. The Kier molecular flexibility index (Phi) is 7.41. The van der Waals surface area contributed by atoms with Crippen molar-refractivity contribution in [3.05, 3.63) is 59.4 Å². The molecular weight excluding hydrogens is 314 g/mol. The van der Waals surface area contributed by atoms with Crippen LogP contribution in [0.4, 0.5) is 0 Å². The Morgan fingerprint density at radius 3 is 1.62 bits per heavy atom. The van der Waals surface area contributed by atoms with E-state index in [1.165, 1.54) is 55.2 Å². The highest BCUT2D eigenvalue weighted by Gasteiger charge is 2.24. The van der Waals surface area contributed by atoms with Crippen LogP contribution in [0.2, 0.25) is 0 Å². The Bertz CT molecular complexity index is 592. The van der Waals surface area contributed by atoms with E-state index in [1.54, 1.807) is 25.7 Å². The first kappa shape index (κ1) is 19.3. The van der Waals surface area contributed by atoms with Gasteiger partial charge in [-0.2, -0.15) is 0 Å². The van der Waals surface area contributed by atoms with Crippen LogP contribution in [0.3, 0.4) is 0 Å². The summed E-state index contributed by atoms with van der Waals surface area (Å²) in [6.07, 6.45) is 19.6. The largest absolute Gasteiger partial charge is 0.350 e. The van der Waals surface area contributed by atoms with E-state index in [4.69, 9.17) is 0 Å². The first-order chi connectivity index (χ1) is 12.7. The third-order valence-electron chi connectivity index (χ3n) is 6.28. The average molecular weight is 352 g/mol. The van der Waals surface area contributed by atoms with E-state index in [2.05, 4.69) is 61.1 Å². The minimum Gasteiger partial charge on any atom is -0.350 e. The molecule has 0 N–H and O–H groups in total. The van der Waals surface area contributed by atoms with Gasteiger partial charge in [-0.25, -0.2) is 0 Å². The summed E-state index contributed by atoms with van der Waals surface area (Å²) in [5.41, 5.74) is 4.05. The summed E-state index contributed by atoms with van der Waals surface area (Å²) in [4.78, 5) is 0. The van der Waals surface area contributed by atoms with Crippen molar-refractivity contribution in [3.63, 3.8) is 0 Å². The van der Waals surface area contributed by atoms with Crippen molar-refractivity contribution in [1.29, 1.82) is 0 Å². The fourth-order valence-electron chi connectivity index (χ4n) is 5.06. The minimum atomic E-state index is 0.968. The normalized spacial score (nSPS) is 19.0. The first-order valence-electron chi connectivity index (χ1n) is 10.9. The van der Waals surface area contributed by atoms with Crippen molar-refractivity contribution in [2.24, 2.45) is 11.8 Å². The van der Waals surface area contributed by atoms with Gasteiger partial charge in [-0.05, 0) is 43.4 Å². The molecule has 2 aliphatic rings. The molecule has 26 heavy (non-hydrogen) atoms. The maximum atomic E-state index is 2.24. The fourth-order valence-corrected chi connectivity index (χ4v) is 5.06. The van der Waals surface area contributed by atoms with Crippen molar-refractivity contribution in [2.45, 2.75) is 84.6 Å². The molecule has 1 heteroatoms. The molecule has 1 aromatic carbocycles. The van der Waals surface area contributed by atoms with Crippen LogP contribution in [0.15, 0.2) is 42.7 Å². The molecular formula is C25H37N. The summed E-state index contributed by atoms with van der Waals surface area (Å²) in [6.45, 7) is 5.26. The second-order valence-electron chi connectivity index (χ2n) is 8.65. The predicted molar refractivity (Wildman–Crippen MR) is 113 cm³/mol. The Morgan fingerprint density at radius 1 is 0.692 bits per heavy atom. The molecule has 1 heterocycles. The molecule has 0 radical (unpaired) electrons. The molecule has 0 aliphatic heterocycles. The SMILES string of the molecule is C1CCC(C2CCCCC2)CC1.Cc1cc(C)cc(Cn2cccc2)c1. The van der Waals surface area contributed by atoms with Gasteiger partial charge in [0.2, 0.25) is 0 Å². The van der Waals surface area contributed by atoms with E-state index in [1.807, 2.05) is 0 Å². The molecule has 2 aromatic rings. The van der Waals surface area contributed by atoms with Gasteiger partial charge >= 0.3 is 0 Å². The molecule has 2 fully saturated rings.